The first-order chi connectivity index (χ1) is 18.2. The van der Waals surface area contributed by atoms with E-state index in [1.807, 2.05) is 61.5 Å². The number of amides is 1. The van der Waals surface area contributed by atoms with Crippen molar-refractivity contribution < 1.29 is 9.90 Å². The number of nitrogen functional groups attached to an aromatic ring is 1. The highest BCUT2D eigenvalue weighted by atomic mass is 16.3. The van der Waals surface area contributed by atoms with Crippen LogP contribution in [0.5, 0.6) is 0 Å². The van der Waals surface area contributed by atoms with Gasteiger partial charge < -0.3 is 21.5 Å². The molecule has 0 saturated carbocycles. The Bertz CT molecular complexity index is 1340. The molecule has 9 nitrogen and oxygen atoms in total. The lowest BCUT2D eigenvalue weighted by atomic mass is 9.90. The predicted molar refractivity (Wildman–Crippen MR) is 149 cm³/mol. The number of nitrogens with two attached hydrogens (primary N) is 2. The minimum Gasteiger partial charge on any atom is -0.392 e. The summed E-state index contributed by atoms with van der Waals surface area (Å²) in [6.07, 6.45) is 2.55. The van der Waals surface area contributed by atoms with Crippen LogP contribution >= 0.6 is 0 Å². The van der Waals surface area contributed by atoms with Crippen LogP contribution in [0.15, 0.2) is 70.7 Å². The molecule has 0 aliphatic carbocycles. The molecule has 1 saturated heterocycles. The first kappa shape index (κ1) is 27.2. The molecule has 200 valence electrons. The summed E-state index contributed by atoms with van der Waals surface area (Å²) in [6, 6.07) is 17.5. The molecule has 4 rings (SSSR count). The Morgan fingerprint density at radius 2 is 1.79 bits per heavy atom. The third-order valence-electron chi connectivity index (χ3n) is 7.34. The number of rotatable bonds is 8. The molecule has 1 aromatic heterocycles. The summed E-state index contributed by atoms with van der Waals surface area (Å²) in [5.74, 6) is 0.188. The maximum atomic E-state index is 13.1. The maximum absolute atomic E-state index is 13.1. The molecule has 1 aliphatic rings. The van der Waals surface area contributed by atoms with Gasteiger partial charge in [-0.3, -0.25) is 19.1 Å². The van der Waals surface area contributed by atoms with Crippen LogP contribution in [0.2, 0.25) is 0 Å². The molecule has 1 aliphatic heterocycles. The molecule has 0 radical (unpaired) electrons. The van der Waals surface area contributed by atoms with Gasteiger partial charge in [0, 0.05) is 38.7 Å². The quantitative estimate of drug-likeness (QED) is 0.393. The molecule has 1 fully saturated rings. The fourth-order valence-corrected chi connectivity index (χ4v) is 4.92. The third kappa shape index (κ3) is 6.00. The van der Waals surface area contributed by atoms with Gasteiger partial charge in [-0.1, -0.05) is 61.5 Å². The van der Waals surface area contributed by atoms with E-state index in [0.717, 1.165) is 16.7 Å². The van der Waals surface area contributed by atoms with Crippen molar-refractivity contribution in [3.05, 3.63) is 93.7 Å². The number of nitrogens with zero attached hydrogens (tertiary/aromatic N) is 4. The normalized spacial score (nSPS) is 16.3. The fourth-order valence-electron chi connectivity index (χ4n) is 4.92. The summed E-state index contributed by atoms with van der Waals surface area (Å²) in [5, 5.41) is 11.3. The van der Waals surface area contributed by atoms with Crippen LogP contribution in [0.3, 0.4) is 0 Å². The van der Waals surface area contributed by atoms with Gasteiger partial charge in [0.2, 0.25) is 5.91 Å². The highest BCUT2D eigenvalue weighted by Gasteiger charge is 2.35. The number of carbonyl (C=O) groups excluding carboxylic acids is 1. The van der Waals surface area contributed by atoms with Crippen LogP contribution in [0, 0.1) is 0 Å². The second-order valence-corrected chi connectivity index (χ2v) is 10.0. The summed E-state index contributed by atoms with van der Waals surface area (Å²) in [7, 11) is 1.62. The monoisotopic (exact) mass is 516 g/mol. The number of hydrogen-bond acceptors (Lipinski definition) is 7. The highest BCUT2D eigenvalue weighted by Crippen LogP contribution is 2.26. The van der Waals surface area contributed by atoms with E-state index >= 15 is 0 Å². The summed E-state index contributed by atoms with van der Waals surface area (Å²) < 4.78 is 1.35. The zero-order valence-electron chi connectivity index (χ0n) is 22.0. The Hall–Kier alpha value is -3.82. The van der Waals surface area contributed by atoms with Crippen LogP contribution in [0.25, 0.3) is 0 Å². The fraction of sp³-hybridized carbons (Fsp3) is 0.379. The van der Waals surface area contributed by atoms with E-state index < -0.39 is 11.2 Å². The van der Waals surface area contributed by atoms with Gasteiger partial charge in [0.15, 0.2) is 0 Å². The Kier molecular flexibility index (Phi) is 8.38. The molecule has 38 heavy (non-hydrogen) atoms. The molecule has 9 heteroatoms. The van der Waals surface area contributed by atoms with E-state index in [1.54, 1.807) is 11.9 Å². The molecule has 0 spiro atoms. The first-order valence-corrected chi connectivity index (χ1v) is 12.9. The Balaban J connectivity index is 1.41. The van der Waals surface area contributed by atoms with Crippen molar-refractivity contribution in [3.8, 4) is 0 Å². The molecule has 1 amide bonds. The molecule has 1 atom stereocenters. The van der Waals surface area contributed by atoms with Crippen LogP contribution in [0.4, 0.5) is 5.69 Å². The average Bonchev–Trinajstić information content (AvgIpc) is 2.94. The van der Waals surface area contributed by atoms with Crippen LogP contribution in [-0.2, 0) is 17.9 Å². The van der Waals surface area contributed by atoms with Gasteiger partial charge >= 0.3 is 0 Å². The van der Waals surface area contributed by atoms with E-state index in [0.29, 0.717) is 50.3 Å². The minimum absolute atomic E-state index is 0.0258. The molecular weight excluding hydrogens is 480 g/mol. The van der Waals surface area contributed by atoms with Crippen molar-refractivity contribution in [1.82, 2.24) is 14.5 Å². The lowest BCUT2D eigenvalue weighted by Crippen LogP contribution is -2.50. The van der Waals surface area contributed by atoms with Crippen molar-refractivity contribution in [1.29, 1.82) is 0 Å². The van der Waals surface area contributed by atoms with E-state index in [-0.39, 0.29) is 24.1 Å². The van der Waals surface area contributed by atoms with Crippen molar-refractivity contribution in [2.45, 2.75) is 50.8 Å². The minimum atomic E-state index is -1.14. The van der Waals surface area contributed by atoms with Crippen molar-refractivity contribution in [2.24, 2.45) is 10.7 Å². The number of aromatic nitrogens is 2. The summed E-state index contributed by atoms with van der Waals surface area (Å²) in [4.78, 5) is 36.6. The second-order valence-electron chi connectivity index (χ2n) is 10.0. The van der Waals surface area contributed by atoms with E-state index in [2.05, 4.69) is 9.98 Å². The number of aliphatic hydroxyl groups is 1. The number of carbonyl (C=O) groups is 1. The first-order valence-electron chi connectivity index (χ1n) is 12.9. The van der Waals surface area contributed by atoms with Gasteiger partial charge in [-0.15, -0.1) is 0 Å². The second kappa shape index (κ2) is 11.7. The maximum Gasteiger partial charge on any atom is 0.277 e. The molecular formula is C29H36N6O3. The zero-order valence-corrected chi connectivity index (χ0v) is 22.0. The molecule has 5 N–H and O–H groups in total. The lowest BCUT2D eigenvalue weighted by Gasteiger charge is -2.38. The SMILES string of the molecule is CN=C(c1ccc(CN)cc1)c1ncn(CC2(O)CCN(C(=O)C[C@@H](C)c3ccccc3)CC2)c(=O)c1N. The number of piperidine rings is 1. The van der Waals surface area contributed by atoms with Crippen molar-refractivity contribution >= 4 is 17.3 Å². The van der Waals surface area contributed by atoms with Gasteiger partial charge in [0.1, 0.15) is 11.4 Å². The molecule has 3 aromatic rings. The molecule has 2 aromatic carbocycles. The topological polar surface area (TPSA) is 140 Å². The van der Waals surface area contributed by atoms with E-state index in [1.165, 1.54) is 10.9 Å². The Morgan fingerprint density at radius 3 is 2.39 bits per heavy atom. The van der Waals surface area contributed by atoms with Crippen molar-refractivity contribution in [3.63, 3.8) is 0 Å². The summed E-state index contributed by atoms with van der Waals surface area (Å²) in [6.45, 7) is 3.38. The smallest absolute Gasteiger partial charge is 0.277 e. The van der Waals surface area contributed by atoms with Crippen LogP contribution < -0.4 is 17.0 Å². The molecule has 0 unspecified atom stereocenters. The summed E-state index contributed by atoms with van der Waals surface area (Å²) in [5.41, 5.74) is 14.0. The van der Waals surface area contributed by atoms with Gasteiger partial charge in [-0.05, 0) is 29.9 Å². The number of likely N-dealkylation sites (tertiary alicyclic amines) is 1. The summed E-state index contributed by atoms with van der Waals surface area (Å²) >= 11 is 0. The van der Waals surface area contributed by atoms with Gasteiger partial charge in [0.05, 0.1) is 24.2 Å². The highest BCUT2D eigenvalue weighted by molar-refractivity contribution is 6.14. The standard InChI is InChI=1S/C29H36N6O3/c1-20(22-6-4-3-5-7-22)16-24(36)34-14-12-29(38,13-15-34)18-35-19-33-27(25(31)28(35)37)26(32-2)23-10-8-21(17-30)9-11-23/h3-11,19-20,38H,12-18,30-31H2,1-2H3/t20-/m1/s1. The van der Waals surface area contributed by atoms with E-state index in [9.17, 15) is 14.7 Å². The van der Waals surface area contributed by atoms with Crippen molar-refractivity contribution in [2.75, 3.05) is 25.9 Å². The largest absolute Gasteiger partial charge is 0.392 e. The third-order valence-corrected chi connectivity index (χ3v) is 7.34. The number of anilines is 1. The molecule has 0 bridgehead atoms. The Morgan fingerprint density at radius 1 is 1.13 bits per heavy atom. The van der Waals surface area contributed by atoms with Gasteiger partial charge in [0.25, 0.3) is 5.56 Å². The molecule has 2 heterocycles. The average molecular weight is 517 g/mol. The van der Waals surface area contributed by atoms with Crippen LogP contribution in [0.1, 0.15) is 54.5 Å². The lowest BCUT2D eigenvalue weighted by molar-refractivity contribution is -0.136. The van der Waals surface area contributed by atoms with Gasteiger partial charge in [-0.25, -0.2) is 4.98 Å². The zero-order chi connectivity index (χ0) is 27.3. The van der Waals surface area contributed by atoms with Gasteiger partial charge in [-0.2, -0.15) is 0 Å². The van der Waals surface area contributed by atoms with E-state index in [4.69, 9.17) is 11.5 Å². The predicted octanol–water partition coefficient (Wildman–Crippen LogP) is 2.30. The van der Waals surface area contributed by atoms with Crippen LogP contribution in [-0.4, -0.2) is 56.9 Å². The number of aliphatic imine (C=N–C) groups is 1. The Labute approximate surface area is 222 Å². The number of benzene rings is 2. The number of hydrogen-bond donors (Lipinski definition) is 3.